The largest absolute Gasteiger partial charge is 0.290 e. The molecule has 0 unspecified atom stereocenters. The van der Waals surface area contributed by atoms with Crippen molar-refractivity contribution in [2.45, 2.75) is 13.3 Å². The van der Waals surface area contributed by atoms with Gasteiger partial charge in [0.05, 0.1) is 0 Å². The van der Waals surface area contributed by atoms with Crippen molar-refractivity contribution in [2.75, 3.05) is 0 Å². The molecule has 5 heteroatoms. The maximum absolute atomic E-state index is 11.7. The number of carbonyl (C=O) groups is 1. The average molecular weight is 236 g/mol. The highest BCUT2D eigenvalue weighted by molar-refractivity contribution is 6.31. The summed E-state index contributed by atoms with van der Waals surface area (Å²) in [5.74, 6) is 0.139. The van der Waals surface area contributed by atoms with Crippen molar-refractivity contribution in [1.82, 2.24) is 15.2 Å². The van der Waals surface area contributed by atoms with Gasteiger partial charge in [-0.25, -0.2) is 4.98 Å². The van der Waals surface area contributed by atoms with E-state index in [1.54, 1.807) is 0 Å². The standard InChI is InChI=1S/C11H10ClN3O/c1-7-2-3-8(9(12)4-7)5-10(16)11-13-6-14-15-11/h2-4,6H,5H2,1H3,(H,13,14,15). The van der Waals surface area contributed by atoms with Crippen molar-refractivity contribution in [3.63, 3.8) is 0 Å². The number of hydrogen-bond donors (Lipinski definition) is 1. The molecular weight excluding hydrogens is 226 g/mol. The van der Waals surface area contributed by atoms with Gasteiger partial charge >= 0.3 is 0 Å². The Kier molecular flexibility index (Phi) is 3.01. The third-order valence-corrected chi connectivity index (χ3v) is 2.59. The van der Waals surface area contributed by atoms with Crippen molar-refractivity contribution in [2.24, 2.45) is 0 Å². The fraction of sp³-hybridized carbons (Fsp3) is 0.182. The van der Waals surface area contributed by atoms with Crippen LogP contribution in [0.4, 0.5) is 0 Å². The number of aryl methyl sites for hydroxylation is 1. The normalized spacial score (nSPS) is 10.4. The molecule has 0 radical (unpaired) electrons. The number of aromatic nitrogens is 3. The van der Waals surface area contributed by atoms with Gasteiger partial charge in [-0.2, -0.15) is 5.10 Å². The molecule has 82 valence electrons. The van der Waals surface area contributed by atoms with Crippen LogP contribution in [0, 0.1) is 6.92 Å². The van der Waals surface area contributed by atoms with Gasteiger partial charge in [-0.15, -0.1) is 0 Å². The topological polar surface area (TPSA) is 58.6 Å². The summed E-state index contributed by atoms with van der Waals surface area (Å²) in [7, 11) is 0. The molecule has 0 atom stereocenters. The van der Waals surface area contributed by atoms with Crippen molar-refractivity contribution in [3.05, 3.63) is 46.5 Å². The smallest absolute Gasteiger partial charge is 0.203 e. The molecule has 1 aromatic carbocycles. The summed E-state index contributed by atoms with van der Waals surface area (Å²) in [6.07, 6.45) is 1.54. The predicted octanol–water partition coefficient (Wildman–Crippen LogP) is 2.19. The summed E-state index contributed by atoms with van der Waals surface area (Å²) < 4.78 is 0. The van der Waals surface area contributed by atoms with Crippen LogP contribution in [0.2, 0.25) is 5.02 Å². The average Bonchev–Trinajstić information content (AvgIpc) is 2.75. The molecule has 0 amide bonds. The van der Waals surface area contributed by atoms with Gasteiger partial charge in [-0.3, -0.25) is 9.89 Å². The summed E-state index contributed by atoms with van der Waals surface area (Å²) in [5.41, 5.74) is 1.87. The van der Waals surface area contributed by atoms with E-state index in [1.165, 1.54) is 6.33 Å². The monoisotopic (exact) mass is 235 g/mol. The van der Waals surface area contributed by atoms with E-state index in [2.05, 4.69) is 15.2 Å². The number of Topliss-reactive ketones (excluding diaryl/α,β-unsaturated/α-hetero) is 1. The highest BCUT2D eigenvalue weighted by atomic mass is 35.5. The van der Waals surface area contributed by atoms with Crippen LogP contribution < -0.4 is 0 Å². The summed E-state index contributed by atoms with van der Waals surface area (Å²) in [6.45, 7) is 1.95. The number of halogens is 1. The van der Waals surface area contributed by atoms with E-state index < -0.39 is 0 Å². The van der Waals surface area contributed by atoms with Gasteiger partial charge < -0.3 is 0 Å². The number of ketones is 1. The number of H-pyrrole nitrogens is 1. The minimum atomic E-state index is -0.122. The minimum Gasteiger partial charge on any atom is -0.290 e. The quantitative estimate of drug-likeness (QED) is 0.830. The summed E-state index contributed by atoms with van der Waals surface area (Å²) in [4.78, 5) is 15.5. The van der Waals surface area contributed by atoms with Crippen LogP contribution in [-0.4, -0.2) is 21.0 Å². The van der Waals surface area contributed by atoms with E-state index in [1.807, 2.05) is 25.1 Å². The number of hydrogen-bond acceptors (Lipinski definition) is 3. The van der Waals surface area contributed by atoms with E-state index in [4.69, 9.17) is 11.6 Å². The molecule has 1 aromatic heterocycles. The second kappa shape index (κ2) is 4.45. The summed E-state index contributed by atoms with van der Waals surface area (Å²) >= 11 is 6.04. The summed E-state index contributed by atoms with van der Waals surface area (Å²) in [6, 6.07) is 5.62. The van der Waals surface area contributed by atoms with E-state index in [0.717, 1.165) is 11.1 Å². The zero-order chi connectivity index (χ0) is 11.5. The molecule has 0 fully saturated rings. The third kappa shape index (κ3) is 2.28. The van der Waals surface area contributed by atoms with E-state index >= 15 is 0 Å². The lowest BCUT2D eigenvalue weighted by atomic mass is 10.1. The van der Waals surface area contributed by atoms with Crippen LogP contribution in [0.25, 0.3) is 0 Å². The fourth-order valence-electron chi connectivity index (χ4n) is 1.39. The van der Waals surface area contributed by atoms with Crippen LogP contribution in [-0.2, 0) is 6.42 Å². The van der Waals surface area contributed by atoms with Crippen LogP contribution in [0.1, 0.15) is 21.7 Å². The molecule has 0 bridgehead atoms. The second-order valence-electron chi connectivity index (χ2n) is 3.53. The predicted molar refractivity (Wildman–Crippen MR) is 60.6 cm³/mol. The first kappa shape index (κ1) is 10.8. The molecule has 0 saturated heterocycles. The maximum atomic E-state index is 11.7. The van der Waals surface area contributed by atoms with Gasteiger partial charge in [0.2, 0.25) is 5.78 Å². The minimum absolute atomic E-state index is 0.122. The third-order valence-electron chi connectivity index (χ3n) is 2.24. The molecule has 0 spiro atoms. The molecular formula is C11H10ClN3O. The maximum Gasteiger partial charge on any atom is 0.203 e. The SMILES string of the molecule is Cc1ccc(CC(=O)c2ncn[nH]2)c(Cl)c1. The molecule has 0 saturated carbocycles. The van der Waals surface area contributed by atoms with E-state index in [9.17, 15) is 4.79 Å². The second-order valence-corrected chi connectivity index (χ2v) is 3.94. The van der Waals surface area contributed by atoms with Crippen LogP contribution in [0.3, 0.4) is 0 Å². The van der Waals surface area contributed by atoms with Gasteiger partial charge in [0.25, 0.3) is 0 Å². The number of nitrogens with zero attached hydrogens (tertiary/aromatic N) is 2. The van der Waals surface area contributed by atoms with Crippen LogP contribution in [0.5, 0.6) is 0 Å². The van der Waals surface area contributed by atoms with Gasteiger partial charge in [0, 0.05) is 11.4 Å². The Morgan fingerprint density at radius 1 is 1.50 bits per heavy atom. The molecule has 4 nitrogen and oxygen atoms in total. The number of benzene rings is 1. The fourth-order valence-corrected chi connectivity index (χ4v) is 1.69. The Morgan fingerprint density at radius 3 is 2.94 bits per heavy atom. The summed E-state index contributed by atoms with van der Waals surface area (Å²) in [5, 5.41) is 6.77. The Bertz CT molecular complexity index is 508. The molecule has 16 heavy (non-hydrogen) atoms. The van der Waals surface area contributed by atoms with Crippen molar-refractivity contribution >= 4 is 17.4 Å². The Labute approximate surface area is 97.7 Å². The number of nitrogens with one attached hydrogen (secondary N) is 1. The Morgan fingerprint density at radius 2 is 2.31 bits per heavy atom. The molecule has 2 rings (SSSR count). The molecule has 1 N–H and O–H groups in total. The Balaban J connectivity index is 2.18. The highest BCUT2D eigenvalue weighted by Gasteiger charge is 2.11. The van der Waals surface area contributed by atoms with Crippen molar-refractivity contribution in [3.8, 4) is 0 Å². The van der Waals surface area contributed by atoms with E-state index in [-0.39, 0.29) is 18.0 Å². The van der Waals surface area contributed by atoms with Gasteiger partial charge in [0.15, 0.2) is 5.82 Å². The number of aromatic amines is 1. The molecule has 2 aromatic rings. The van der Waals surface area contributed by atoms with E-state index in [0.29, 0.717) is 5.02 Å². The highest BCUT2D eigenvalue weighted by Crippen LogP contribution is 2.18. The first-order valence-corrected chi connectivity index (χ1v) is 5.18. The zero-order valence-electron chi connectivity index (χ0n) is 8.70. The first-order chi connectivity index (χ1) is 7.66. The van der Waals surface area contributed by atoms with Crippen LogP contribution in [0.15, 0.2) is 24.5 Å². The van der Waals surface area contributed by atoms with Crippen LogP contribution >= 0.6 is 11.6 Å². The lowest BCUT2D eigenvalue weighted by Gasteiger charge is -2.03. The number of carbonyl (C=O) groups excluding carboxylic acids is 1. The lowest BCUT2D eigenvalue weighted by Crippen LogP contribution is -2.06. The molecule has 0 aliphatic carbocycles. The molecule has 0 aliphatic rings. The van der Waals surface area contributed by atoms with Gasteiger partial charge in [-0.05, 0) is 24.1 Å². The van der Waals surface area contributed by atoms with Gasteiger partial charge in [0.1, 0.15) is 6.33 Å². The van der Waals surface area contributed by atoms with Gasteiger partial charge in [-0.1, -0.05) is 23.7 Å². The number of rotatable bonds is 3. The zero-order valence-corrected chi connectivity index (χ0v) is 9.45. The molecule has 0 aliphatic heterocycles. The lowest BCUT2D eigenvalue weighted by molar-refractivity contribution is 0.0983. The van der Waals surface area contributed by atoms with Crippen molar-refractivity contribution in [1.29, 1.82) is 0 Å². The van der Waals surface area contributed by atoms with Crippen molar-refractivity contribution < 1.29 is 4.79 Å². The first-order valence-electron chi connectivity index (χ1n) is 4.80. The Hall–Kier alpha value is -1.68. The molecule has 1 heterocycles.